The Balaban J connectivity index is 4.83. The summed E-state index contributed by atoms with van der Waals surface area (Å²) in [6.45, 7) is 0. The van der Waals surface area contributed by atoms with Crippen LogP contribution in [-0.4, -0.2) is 45.5 Å². The van der Waals surface area contributed by atoms with Crippen molar-refractivity contribution in [2.24, 2.45) is 5.73 Å². The van der Waals surface area contributed by atoms with Crippen LogP contribution >= 0.6 is 11.8 Å². The topological polar surface area (TPSA) is 118 Å². The highest BCUT2D eigenvalue weighted by molar-refractivity contribution is 7.98. The second-order valence-corrected chi connectivity index (χ2v) is 4.04. The number of hydrogen-bond acceptors (Lipinski definition) is 5. The normalized spacial score (nSPS) is 14.6. The van der Waals surface area contributed by atoms with Gasteiger partial charge in [-0.05, 0) is 24.5 Å². The summed E-state index contributed by atoms with van der Waals surface area (Å²) in [6.07, 6.45) is 2.95. The lowest BCUT2D eigenvalue weighted by Crippen LogP contribution is -2.54. The average molecular weight is 247 g/mol. The number of ketones is 1. The monoisotopic (exact) mass is 247 g/mol. The zero-order chi connectivity index (χ0) is 12.8. The first-order chi connectivity index (χ1) is 7.34. The molecule has 0 spiro atoms. The number of nitrogens with two attached hydrogens (primary N) is 1. The Bertz CT molecular complexity index is 328. The van der Waals surface area contributed by atoms with Gasteiger partial charge in [-0.3, -0.25) is 4.79 Å². The maximum Gasteiger partial charge on any atom is 0.331 e. The van der Waals surface area contributed by atoms with Crippen LogP contribution in [0.4, 0.5) is 0 Å². The highest BCUT2D eigenvalue weighted by Gasteiger charge is 2.39. The van der Waals surface area contributed by atoms with E-state index in [1.165, 1.54) is 11.8 Å². The molecular formula is C9H13NO5S. The summed E-state index contributed by atoms with van der Waals surface area (Å²) in [5, 5.41) is 17.2. The molecule has 0 aliphatic rings. The zero-order valence-corrected chi connectivity index (χ0v) is 9.49. The molecule has 0 aromatic rings. The molecule has 0 saturated heterocycles. The Morgan fingerprint density at radius 1 is 1.31 bits per heavy atom. The number of aliphatic carboxylic acids is 2. The molecule has 0 radical (unpaired) electrons. The molecular weight excluding hydrogens is 234 g/mol. The molecule has 0 rings (SSSR count). The van der Waals surface area contributed by atoms with Gasteiger partial charge in [-0.1, -0.05) is 0 Å². The third kappa shape index (κ3) is 4.03. The van der Waals surface area contributed by atoms with Gasteiger partial charge in [0.2, 0.25) is 0 Å². The molecule has 0 fully saturated rings. The van der Waals surface area contributed by atoms with Crippen LogP contribution in [0, 0.1) is 0 Å². The first-order valence-corrected chi connectivity index (χ1v) is 5.70. The smallest absolute Gasteiger partial charge is 0.331 e. The lowest BCUT2D eigenvalue weighted by atomic mass is 9.92. The lowest BCUT2D eigenvalue weighted by Gasteiger charge is -2.20. The quantitative estimate of drug-likeness (QED) is 0.418. The van der Waals surface area contributed by atoms with Crippen molar-refractivity contribution < 1.29 is 24.6 Å². The SMILES string of the molecule is CSCCC(N)(C(=O)O)C(=O)C=CC(=O)O. The first kappa shape index (κ1) is 14.7. The molecule has 1 unspecified atom stereocenters. The van der Waals surface area contributed by atoms with Gasteiger partial charge in [-0.15, -0.1) is 0 Å². The van der Waals surface area contributed by atoms with E-state index in [2.05, 4.69) is 0 Å². The Hall–Kier alpha value is -1.34. The summed E-state index contributed by atoms with van der Waals surface area (Å²) >= 11 is 1.35. The highest BCUT2D eigenvalue weighted by atomic mass is 32.2. The van der Waals surface area contributed by atoms with Crippen LogP contribution in [0.25, 0.3) is 0 Å². The van der Waals surface area contributed by atoms with E-state index in [-0.39, 0.29) is 6.42 Å². The van der Waals surface area contributed by atoms with Gasteiger partial charge in [-0.25, -0.2) is 9.59 Å². The largest absolute Gasteiger partial charge is 0.480 e. The molecule has 4 N–H and O–H groups in total. The number of carbonyl (C=O) groups is 3. The number of thioether (sulfide) groups is 1. The molecule has 0 aliphatic carbocycles. The van der Waals surface area contributed by atoms with Crippen molar-refractivity contribution in [3.63, 3.8) is 0 Å². The maximum absolute atomic E-state index is 11.5. The molecule has 0 heterocycles. The van der Waals surface area contributed by atoms with E-state index >= 15 is 0 Å². The second kappa shape index (κ2) is 6.29. The molecule has 0 bridgehead atoms. The number of carboxylic acids is 2. The van der Waals surface area contributed by atoms with Gasteiger partial charge in [0.25, 0.3) is 0 Å². The highest BCUT2D eigenvalue weighted by Crippen LogP contribution is 2.13. The molecule has 0 aromatic carbocycles. The van der Waals surface area contributed by atoms with E-state index in [4.69, 9.17) is 15.9 Å². The van der Waals surface area contributed by atoms with Gasteiger partial charge in [-0.2, -0.15) is 11.8 Å². The van der Waals surface area contributed by atoms with E-state index in [0.29, 0.717) is 17.9 Å². The van der Waals surface area contributed by atoms with Crippen molar-refractivity contribution in [3.8, 4) is 0 Å². The summed E-state index contributed by atoms with van der Waals surface area (Å²) in [5.41, 5.74) is 3.40. The van der Waals surface area contributed by atoms with E-state index in [9.17, 15) is 14.4 Å². The molecule has 16 heavy (non-hydrogen) atoms. The van der Waals surface area contributed by atoms with Gasteiger partial charge < -0.3 is 15.9 Å². The van der Waals surface area contributed by atoms with Crippen LogP contribution in [0.15, 0.2) is 12.2 Å². The average Bonchev–Trinajstić information content (AvgIpc) is 2.21. The van der Waals surface area contributed by atoms with E-state index in [0.717, 1.165) is 0 Å². The van der Waals surface area contributed by atoms with Crippen LogP contribution in [0.3, 0.4) is 0 Å². The molecule has 1 atom stereocenters. The van der Waals surface area contributed by atoms with Crippen molar-refractivity contribution >= 4 is 29.5 Å². The Morgan fingerprint density at radius 2 is 1.88 bits per heavy atom. The predicted molar refractivity (Wildman–Crippen MR) is 59.3 cm³/mol. The van der Waals surface area contributed by atoms with Crippen molar-refractivity contribution in [2.45, 2.75) is 12.0 Å². The predicted octanol–water partition coefficient (Wildman–Crippen LogP) is -0.269. The van der Waals surface area contributed by atoms with Gasteiger partial charge >= 0.3 is 11.9 Å². The van der Waals surface area contributed by atoms with Crippen LogP contribution < -0.4 is 5.73 Å². The van der Waals surface area contributed by atoms with Gasteiger partial charge in [0.1, 0.15) is 0 Å². The summed E-state index contributed by atoms with van der Waals surface area (Å²) in [4.78, 5) is 32.5. The lowest BCUT2D eigenvalue weighted by molar-refractivity contribution is -0.147. The minimum absolute atomic E-state index is 0.0493. The third-order valence-electron chi connectivity index (χ3n) is 1.90. The summed E-state index contributed by atoms with van der Waals surface area (Å²) in [5.74, 6) is -3.31. The van der Waals surface area contributed by atoms with Gasteiger partial charge in [0, 0.05) is 6.08 Å². The standard InChI is InChI=1S/C9H13NO5S/c1-16-5-4-9(10,8(14)15)6(11)2-3-7(12)13/h2-3H,4-5,10H2,1H3,(H,12,13)(H,14,15). The number of rotatable bonds is 7. The molecule has 6 nitrogen and oxygen atoms in total. The van der Waals surface area contributed by atoms with Crippen molar-refractivity contribution in [2.75, 3.05) is 12.0 Å². The fraction of sp³-hybridized carbons (Fsp3) is 0.444. The zero-order valence-electron chi connectivity index (χ0n) is 8.67. The first-order valence-electron chi connectivity index (χ1n) is 4.31. The fourth-order valence-electron chi connectivity index (χ4n) is 0.894. The third-order valence-corrected chi connectivity index (χ3v) is 2.51. The van der Waals surface area contributed by atoms with Crippen molar-refractivity contribution in [1.82, 2.24) is 0 Å². The van der Waals surface area contributed by atoms with Crippen LogP contribution in [0.1, 0.15) is 6.42 Å². The molecule has 90 valence electrons. The molecule has 7 heteroatoms. The Morgan fingerprint density at radius 3 is 2.25 bits per heavy atom. The summed E-state index contributed by atoms with van der Waals surface area (Å²) in [6, 6.07) is 0. The molecule has 0 aliphatic heterocycles. The van der Waals surface area contributed by atoms with Crippen molar-refractivity contribution in [1.29, 1.82) is 0 Å². The number of carboxylic acid groups (broad SMARTS) is 2. The molecule has 0 saturated carbocycles. The van der Waals surface area contributed by atoms with E-state index in [1.54, 1.807) is 6.26 Å². The fourth-order valence-corrected chi connectivity index (χ4v) is 1.42. The van der Waals surface area contributed by atoms with Gasteiger partial charge in [0.15, 0.2) is 11.3 Å². The van der Waals surface area contributed by atoms with Crippen LogP contribution in [0.5, 0.6) is 0 Å². The molecule has 0 amide bonds. The summed E-state index contributed by atoms with van der Waals surface area (Å²) < 4.78 is 0. The Kier molecular flexibility index (Phi) is 5.76. The minimum Gasteiger partial charge on any atom is -0.480 e. The van der Waals surface area contributed by atoms with Crippen molar-refractivity contribution in [3.05, 3.63) is 12.2 Å². The van der Waals surface area contributed by atoms with Crippen LogP contribution in [0.2, 0.25) is 0 Å². The summed E-state index contributed by atoms with van der Waals surface area (Å²) in [7, 11) is 0. The van der Waals surface area contributed by atoms with E-state index in [1.807, 2.05) is 0 Å². The van der Waals surface area contributed by atoms with E-state index < -0.39 is 23.3 Å². The maximum atomic E-state index is 11.5. The minimum atomic E-state index is -2.05. The number of hydrogen-bond donors (Lipinski definition) is 3. The van der Waals surface area contributed by atoms with Gasteiger partial charge in [0.05, 0.1) is 0 Å². The van der Waals surface area contributed by atoms with Crippen LogP contribution in [-0.2, 0) is 14.4 Å². The Labute approximate surface area is 96.5 Å². The second-order valence-electron chi connectivity index (χ2n) is 3.06. The molecule has 0 aromatic heterocycles. The number of carbonyl (C=O) groups excluding carboxylic acids is 1.